The van der Waals surface area contributed by atoms with Gasteiger partial charge in [0.2, 0.25) is 0 Å². The quantitative estimate of drug-likeness (QED) is 0.730. The van der Waals surface area contributed by atoms with Gasteiger partial charge < -0.3 is 5.11 Å². The maximum atomic E-state index is 11.4. The molecule has 0 bridgehead atoms. The minimum absolute atomic E-state index is 0.253. The van der Waals surface area contributed by atoms with Crippen molar-refractivity contribution in [2.75, 3.05) is 31.1 Å². The highest BCUT2D eigenvalue weighted by Gasteiger charge is 2.36. The van der Waals surface area contributed by atoms with E-state index in [1.165, 1.54) is 0 Å². The average molecular weight is 233 g/mol. The van der Waals surface area contributed by atoms with Crippen LogP contribution < -0.4 is 0 Å². The Kier molecular flexibility index (Phi) is 3.05. The number of hydrogen-bond donors (Lipinski definition) is 1. The van der Waals surface area contributed by atoms with Gasteiger partial charge in [0.15, 0.2) is 9.84 Å². The summed E-state index contributed by atoms with van der Waals surface area (Å²) in [4.78, 5) is 2.10. The molecule has 0 aromatic rings. The molecule has 0 aromatic heterocycles. The molecule has 1 heterocycles. The topological polar surface area (TPSA) is 57.6 Å². The fraction of sp³-hybridized carbons (Fsp3) is 1.00. The van der Waals surface area contributed by atoms with Gasteiger partial charge in [-0.15, -0.1) is 0 Å². The van der Waals surface area contributed by atoms with Crippen molar-refractivity contribution in [2.24, 2.45) is 0 Å². The summed E-state index contributed by atoms with van der Waals surface area (Å²) in [5.41, 5.74) is -0.520. The standard InChI is InChI=1S/C10H19NO3S/c12-10(3-1-4-10)9-11-5-2-7-15(13,14)8-6-11/h12H,1-9H2. The van der Waals surface area contributed by atoms with Gasteiger partial charge >= 0.3 is 0 Å². The molecule has 15 heavy (non-hydrogen) atoms. The Bertz CT molecular complexity index is 322. The molecule has 0 atom stereocenters. The van der Waals surface area contributed by atoms with Gasteiger partial charge in [-0.3, -0.25) is 4.90 Å². The van der Waals surface area contributed by atoms with E-state index in [1.807, 2.05) is 0 Å². The zero-order valence-corrected chi connectivity index (χ0v) is 9.80. The molecule has 2 fully saturated rings. The molecule has 2 aliphatic rings. The number of β-amino-alcohol motifs (C(OH)–C–C–N with tert-alkyl or cyclic N) is 1. The van der Waals surface area contributed by atoms with Crippen molar-refractivity contribution in [1.82, 2.24) is 4.90 Å². The number of aliphatic hydroxyl groups is 1. The second-order valence-corrected chi connectivity index (χ2v) is 7.16. The minimum atomic E-state index is -2.82. The Morgan fingerprint density at radius 1 is 1.13 bits per heavy atom. The number of rotatable bonds is 2. The predicted molar refractivity (Wildman–Crippen MR) is 58.5 cm³/mol. The van der Waals surface area contributed by atoms with Crippen molar-refractivity contribution in [3.8, 4) is 0 Å². The highest BCUT2D eigenvalue weighted by molar-refractivity contribution is 7.91. The largest absolute Gasteiger partial charge is 0.389 e. The van der Waals surface area contributed by atoms with Crippen LogP contribution in [0.2, 0.25) is 0 Å². The van der Waals surface area contributed by atoms with Crippen LogP contribution in [0.5, 0.6) is 0 Å². The lowest BCUT2D eigenvalue weighted by Crippen LogP contribution is -2.48. The zero-order valence-electron chi connectivity index (χ0n) is 8.98. The van der Waals surface area contributed by atoms with Gasteiger partial charge in [-0.05, 0) is 32.2 Å². The third-order valence-corrected chi connectivity index (χ3v) is 5.17. The van der Waals surface area contributed by atoms with E-state index in [9.17, 15) is 13.5 Å². The fourth-order valence-corrected chi connectivity index (χ4v) is 3.62. The first-order chi connectivity index (χ1) is 6.99. The Hall–Kier alpha value is -0.130. The Labute approximate surface area is 91.2 Å². The van der Waals surface area contributed by atoms with Gasteiger partial charge in [0.05, 0.1) is 17.1 Å². The first kappa shape index (κ1) is 11.4. The molecule has 1 N–H and O–H groups in total. The van der Waals surface area contributed by atoms with Crippen molar-refractivity contribution >= 4 is 9.84 Å². The second kappa shape index (κ2) is 4.03. The molecule has 1 aliphatic carbocycles. The van der Waals surface area contributed by atoms with Gasteiger partial charge in [0, 0.05) is 13.1 Å². The van der Waals surface area contributed by atoms with E-state index in [4.69, 9.17) is 0 Å². The smallest absolute Gasteiger partial charge is 0.151 e. The first-order valence-electron chi connectivity index (χ1n) is 5.64. The average Bonchev–Trinajstić information content (AvgIpc) is 2.25. The van der Waals surface area contributed by atoms with Crippen molar-refractivity contribution in [2.45, 2.75) is 31.3 Å². The summed E-state index contributed by atoms with van der Waals surface area (Å²) in [6.07, 6.45) is 3.55. The van der Waals surface area contributed by atoms with Crippen LogP contribution in [0.3, 0.4) is 0 Å². The fourth-order valence-electron chi connectivity index (χ4n) is 2.31. The van der Waals surface area contributed by atoms with E-state index in [-0.39, 0.29) is 5.75 Å². The van der Waals surface area contributed by atoms with Crippen molar-refractivity contribution in [3.05, 3.63) is 0 Å². The zero-order chi connectivity index (χ0) is 10.9. The summed E-state index contributed by atoms with van der Waals surface area (Å²) >= 11 is 0. The highest BCUT2D eigenvalue weighted by atomic mass is 32.2. The second-order valence-electron chi connectivity index (χ2n) is 4.86. The summed E-state index contributed by atoms with van der Waals surface area (Å²) < 4.78 is 22.8. The molecule has 0 aromatic carbocycles. The predicted octanol–water partition coefficient (Wildman–Crippen LogP) is 0.0219. The molecule has 5 heteroatoms. The lowest BCUT2D eigenvalue weighted by atomic mass is 9.80. The maximum absolute atomic E-state index is 11.4. The first-order valence-corrected chi connectivity index (χ1v) is 7.47. The molecule has 0 amide bonds. The molecule has 1 aliphatic heterocycles. The molecule has 0 unspecified atom stereocenters. The maximum Gasteiger partial charge on any atom is 0.151 e. The van der Waals surface area contributed by atoms with Gasteiger partial charge in [0.1, 0.15) is 0 Å². The molecule has 1 saturated heterocycles. The minimum Gasteiger partial charge on any atom is -0.389 e. The SMILES string of the molecule is O=S1(=O)CCCN(CC2(O)CCC2)CC1. The van der Waals surface area contributed by atoms with Gasteiger partial charge in [-0.2, -0.15) is 0 Å². The summed E-state index contributed by atoms with van der Waals surface area (Å²) in [6.45, 7) is 2.05. The van der Waals surface area contributed by atoms with E-state index in [2.05, 4.69) is 4.90 Å². The van der Waals surface area contributed by atoms with E-state index in [0.29, 0.717) is 25.3 Å². The van der Waals surface area contributed by atoms with Crippen LogP contribution in [-0.4, -0.2) is 55.2 Å². The van der Waals surface area contributed by atoms with Crippen molar-refractivity contribution in [1.29, 1.82) is 0 Å². The lowest BCUT2D eigenvalue weighted by Gasteiger charge is -2.40. The molecule has 0 spiro atoms. The van der Waals surface area contributed by atoms with Crippen LogP contribution >= 0.6 is 0 Å². The van der Waals surface area contributed by atoms with E-state index >= 15 is 0 Å². The molecule has 4 nitrogen and oxygen atoms in total. The molecule has 1 saturated carbocycles. The van der Waals surface area contributed by atoms with Crippen LogP contribution in [0.25, 0.3) is 0 Å². The molecule has 0 radical (unpaired) electrons. The summed E-state index contributed by atoms with van der Waals surface area (Å²) in [5.74, 6) is 0.561. The van der Waals surface area contributed by atoms with Gasteiger partial charge in [-0.1, -0.05) is 0 Å². The van der Waals surface area contributed by atoms with Gasteiger partial charge in [-0.25, -0.2) is 8.42 Å². The lowest BCUT2D eigenvalue weighted by molar-refractivity contribution is -0.0574. The van der Waals surface area contributed by atoms with Crippen LogP contribution in [0.15, 0.2) is 0 Å². The number of hydrogen-bond acceptors (Lipinski definition) is 4. The van der Waals surface area contributed by atoms with Crippen molar-refractivity contribution < 1.29 is 13.5 Å². The normalized spacial score (nSPS) is 30.5. The third-order valence-electron chi connectivity index (χ3n) is 3.45. The van der Waals surface area contributed by atoms with Crippen LogP contribution in [0, 0.1) is 0 Å². The van der Waals surface area contributed by atoms with Crippen LogP contribution in [-0.2, 0) is 9.84 Å². The molecular weight excluding hydrogens is 214 g/mol. The highest BCUT2D eigenvalue weighted by Crippen LogP contribution is 2.32. The monoisotopic (exact) mass is 233 g/mol. The van der Waals surface area contributed by atoms with Crippen LogP contribution in [0.4, 0.5) is 0 Å². The third kappa shape index (κ3) is 2.92. The van der Waals surface area contributed by atoms with Crippen molar-refractivity contribution in [3.63, 3.8) is 0 Å². The molecule has 2 rings (SSSR count). The van der Waals surface area contributed by atoms with E-state index < -0.39 is 15.4 Å². The van der Waals surface area contributed by atoms with Crippen LogP contribution in [0.1, 0.15) is 25.7 Å². The van der Waals surface area contributed by atoms with E-state index in [1.54, 1.807) is 0 Å². The molecular formula is C10H19NO3S. The number of nitrogens with zero attached hydrogens (tertiary/aromatic N) is 1. The summed E-state index contributed by atoms with van der Waals surface area (Å²) in [7, 11) is -2.82. The van der Waals surface area contributed by atoms with Gasteiger partial charge in [0.25, 0.3) is 0 Å². The van der Waals surface area contributed by atoms with E-state index in [0.717, 1.165) is 25.8 Å². The Morgan fingerprint density at radius 3 is 2.47 bits per heavy atom. The Morgan fingerprint density at radius 2 is 1.87 bits per heavy atom. The number of sulfone groups is 1. The Balaban J connectivity index is 1.88. The summed E-state index contributed by atoms with van der Waals surface area (Å²) in [5, 5.41) is 9.99. The molecule has 88 valence electrons. The summed E-state index contributed by atoms with van der Waals surface area (Å²) in [6, 6.07) is 0.